The lowest BCUT2D eigenvalue weighted by molar-refractivity contribution is -0.346. The van der Waals surface area contributed by atoms with Gasteiger partial charge in [-0.3, -0.25) is 19.2 Å². The minimum atomic E-state index is -2.40. The van der Waals surface area contributed by atoms with Crippen molar-refractivity contribution in [2.75, 3.05) is 6.61 Å². The number of carbonyl (C=O) groups is 6. The highest BCUT2D eigenvalue weighted by Gasteiger charge is 2.78. The molecule has 1 saturated heterocycles. The predicted octanol–water partition coefficient (Wildman–Crippen LogP) is 3.66. The number of fused-ring (bicyclic) bond motifs is 6. The lowest BCUT2D eigenvalue weighted by atomic mass is 9.44. The van der Waals surface area contributed by atoms with Gasteiger partial charge < -0.3 is 44.3 Å². The molecule has 332 valence electrons. The highest BCUT2D eigenvalue weighted by atomic mass is 16.6. The zero-order valence-corrected chi connectivity index (χ0v) is 35.8. The summed E-state index contributed by atoms with van der Waals surface area (Å²) in [5, 5.41) is 41.2. The zero-order chi connectivity index (χ0) is 45.4. The summed E-state index contributed by atoms with van der Waals surface area (Å²) in [4.78, 5) is 84.3. The van der Waals surface area contributed by atoms with Gasteiger partial charge in [-0.05, 0) is 60.4 Å². The van der Waals surface area contributed by atoms with Crippen LogP contribution in [0.5, 0.6) is 0 Å². The van der Waals surface area contributed by atoms with Gasteiger partial charge in [0.25, 0.3) is 5.91 Å². The molecule has 0 unspecified atom stereocenters. The van der Waals surface area contributed by atoms with Gasteiger partial charge in [0.15, 0.2) is 23.1 Å². The second-order valence-electron chi connectivity index (χ2n) is 18.2. The number of esters is 4. The summed E-state index contributed by atoms with van der Waals surface area (Å²) >= 11 is 0. The number of carbonyl (C=O) groups excluding carboxylic acids is 6. The zero-order valence-electron chi connectivity index (χ0n) is 35.8. The number of ketones is 1. The molecule has 1 heterocycles. The van der Waals surface area contributed by atoms with Crippen LogP contribution in [0.25, 0.3) is 0 Å². The molecule has 15 heteroatoms. The molecule has 5 aliphatic rings. The average molecular weight is 866 g/mol. The molecule has 0 spiro atoms. The van der Waals surface area contributed by atoms with Crippen molar-refractivity contribution in [2.24, 2.45) is 16.7 Å². The molecule has 4 aliphatic carbocycles. The fraction of sp³-hybridized carbons (Fsp3) is 0.458. The van der Waals surface area contributed by atoms with Crippen LogP contribution in [0, 0.1) is 16.7 Å². The minimum absolute atomic E-state index is 0.00559. The molecular formula is C48H51NO14. The maximum atomic E-state index is 15.6. The van der Waals surface area contributed by atoms with Gasteiger partial charge in [0.1, 0.15) is 23.9 Å². The molecule has 11 atom stereocenters. The van der Waals surface area contributed by atoms with Crippen molar-refractivity contribution in [1.82, 2.24) is 5.32 Å². The number of rotatable bonds is 8. The summed E-state index contributed by atoms with van der Waals surface area (Å²) in [5.74, 6) is -6.75. The average Bonchev–Trinajstić information content (AvgIpc) is 3.53. The van der Waals surface area contributed by atoms with Gasteiger partial charge >= 0.3 is 23.9 Å². The largest absolute Gasteiger partial charge is 0.456 e. The van der Waals surface area contributed by atoms with E-state index in [-0.39, 0.29) is 41.7 Å². The van der Waals surface area contributed by atoms with Crippen molar-refractivity contribution in [3.63, 3.8) is 0 Å². The summed E-state index contributed by atoms with van der Waals surface area (Å²) in [5.41, 5.74) is -8.71. The number of nitrogens with one attached hydrogen (secondary N) is 1. The Hall–Kier alpha value is -5.74. The van der Waals surface area contributed by atoms with Crippen LogP contribution in [0.15, 0.2) is 96.1 Å². The first-order valence-corrected chi connectivity index (χ1v) is 21.0. The monoisotopic (exact) mass is 865 g/mol. The van der Waals surface area contributed by atoms with E-state index in [1.54, 1.807) is 93.6 Å². The summed E-state index contributed by atoms with van der Waals surface area (Å²) in [7, 11) is 0. The molecule has 3 fully saturated rings. The van der Waals surface area contributed by atoms with E-state index >= 15 is 4.79 Å². The number of Topliss-reactive ketones (excluding diaryl/α,β-unsaturated/α-hetero) is 1. The maximum Gasteiger partial charge on any atom is 0.341 e. The van der Waals surface area contributed by atoms with Crippen molar-refractivity contribution in [3.05, 3.63) is 118 Å². The summed E-state index contributed by atoms with van der Waals surface area (Å²) in [6.45, 7) is 8.04. The smallest absolute Gasteiger partial charge is 0.341 e. The van der Waals surface area contributed by atoms with E-state index in [0.29, 0.717) is 11.1 Å². The van der Waals surface area contributed by atoms with E-state index in [4.69, 9.17) is 23.7 Å². The first kappa shape index (κ1) is 43.9. The van der Waals surface area contributed by atoms with E-state index in [1.165, 1.54) is 19.1 Å². The standard InChI is InChI=1S/C48H51NO14/c1-25-32(61-43(56)46(57)22-30-19-13-14-20-31(30)38(46)49-41(54)28-15-9-7-10-16-28)23-48(58)40(62-42(55)29-17-11-8-12-18-29)37-45(6,33(52)21-34-47(37,24-59-34)63-27(3)51)39(53)36(60-26(2)50)35(25)44(48,4)5/h7-20,32-34,36-38,40,52,57-58H,21-24H2,1-6H3,(H,49,54)/t32-,33-,34+,36+,37-,38+,40-,45+,46-,47-,48+/m0/s1. The Morgan fingerprint density at radius 1 is 0.810 bits per heavy atom. The predicted molar refractivity (Wildman–Crippen MR) is 220 cm³/mol. The van der Waals surface area contributed by atoms with E-state index in [9.17, 15) is 39.3 Å². The molecule has 1 aliphatic heterocycles. The van der Waals surface area contributed by atoms with E-state index in [1.807, 2.05) is 0 Å². The van der Waals surface area contributed by atoms with Crippen LogP contribution in [0.1, 0.15) is 92.3 Å². The lowest BCUT2D eigenvalue weighted by Crippen LogP contribution is -2.82. The Morgan fingerprint density at radius 3 is 2.03 bits per heavy atom. The summed E-state index contributed by atoms with van der Waals surface area (Å²) in [6, 6.07) is 21.7. The molecule has 1 amide bonds. The number of aliphatic hydroxyl groups excluding tert-OH is 1. The molecule has 3 aromatic carbocycles. The molecule has 15 nitrogen and oxygen atoms in total. The van der Waals surface area contributed by atoms with Crippen molar-refractivity contribution in [3.8, 4) is 0 Å². The minimum Gasteiger partial charge on any atom is -0.456 e. The number of hydrogen-bond donors (Lipinski definition) is 4. The molecular weight excluding hydrogens is 815 g/mol. The third kappa shape index (κ3) is 6.70. The van der Waals surface area contributed by atoms with Crippen molar-refractivity contribution >= 4 is 35.6 Å². The van der Waals surface area contributed by atoms with Gasteiger partial charge in [0.2, 0.25) is 0 Å². The van der Waals surface area contributed by atoms with E-state index < -0.39 is 112 Å². The van der Waals surface area contributed by atoms with Crippen LogP contribution in [0.3, 0.4) is 0 Å². The van der Waals surface area contributed by atoms with Crippen LogP contribution in [-0.2, 0) is 49.3 Å². The third-order valence-corrected chi connectivity index (χ3v) is 14.4. The molecule has 0 aromatic heterocycles. The third-order valence-electron chi connectivity index (χ3n) is 14.4. The van der Waals surface area contributed by atoms with Crippen LogP contribution in [0.2, 0.25) is 0 Å². The Kier molecular flexibility index (Phi) is 10.8. The first-order chi connectivity index (χ1) is 29.7. The molecule has 0 radical (unpaired) electrons. The van der Waals surface area contributed by atoms with Crippen molar-refractivity contribution < 1.29 is 67.8 Å². The van der Waals surface area contributed by atoms with Crippen LogP contribution >= 0.6 is 0 Å². The number of hydrogen-bond acceptors (Lipinski definition) is 14. The molecule has 2 saturated carbocycles. The summed E-state index contributed by atoms with van der Waals surface area (Å²) in [6.07, 6.45) is -8.74. The first-order valence-electron chi connectivity index (χ1n) is 21.0. The van der Waals surface area contributed by atoms with Crippen molar-refractivity contribution in [1.29, 1.82) is 0 Å². The van der Waals surface area contributed by atoms with Gasteiger partial charge in [-0.1, -0.05) is 74.5 Å². The maximum absolute atomic E-state index is 15.6. The number of aliphatic hydroxyl groups is 3. The summed E-state index contributed by atoms with van der Waals surface area (Å²) < 4.78 is 30.6. The second kappa shape index (κ2) is 15.5. The van der Waals surface area contributed by atoms with E-state index in [0.717, 1.165) is 13.8 Å². The number of amides is 1. The second-order valence-corrected chi connectivity index (χ2v) is 18.2. The molecule has 63 heavy (non-hydrogen) atoms. The number of benzene rings is 3. The van der Waals surface area contributed by atoms with Crippen LogP contribution in [0.4, 0.5) is 0 Å². The SMILES string of the molecule is CC(=O)O[C@H]1C(=O)[C@@]2(C)[C@H]([C@H](OC(=O)c3ccccc3)[C@]3(O)C[C@H](OC(=O)[C@]4(O)Cc5ccccc5[C@H]4NC(=O)c4ccccc4)C(C)=C1C3(C)C)[C@]1(OC(C)=O)CO[C@@H]1C[C@@H]2O. The van der Waals surface area contributed by atoms with E-state index in [2.05, 4.69) is 5.32 Å². The van der Waals surface area contributed by atoms with Gasteiger partial charge in [-0.25, -0.2) is 9.59 Å². The van der Waals surface area contributed by atoms with Gasteiger partial charge in [0, 0.05) is 44.1 Å². The van der Waals surface area contributed by atoms with Crippen molar-refractivity contribution in [2.45, 2.75) is 114 Å². The highest BCUT2D eigenvalue weighted by Crippen LogP contribution is 2.64. The molecule has 8 rings (SSSR count). The Balaban J connectivity index is 1.29. The number of ether oxygens (including phenoxy) is 5. The van der Waals surface area contributed by atoms with Gasteiger partial charge in [-0.2, -0.15) is 0 Å². The Bertz CT molecular complexity index is 2420. The molecule has 2 bridgehead atoms. The Labute approximate surface area is 363 Å². The van der Waals surface area contributed by atoms with Gasteiger partial charge in [0.05, 0.1) is 35.6 Å². The fourth-order valence-electron chi connectivity index (χ4n) is 11.1. The Morgan fingerprint density at radius 2 is 1.43 bits per heavy atom. The lowest BCUT2D eigenvalue weighted by Gasteiger charge is -2.67. The topological polar surface area (TPSA) is 221 Å². The molecule has 3 aromatic rings. The molecule has 4 N–H and O–H groups in total. The van der Waals surface area contributed by atoms with Crippen LogP contribution < -0.4 is 5.32 Å². The highest BCUT2D eigenvalue weighted by molar-refractivity contribution is 5.97. The van der Waals surface area contributed by atoms with Gasteiger partial charge in [-0.15, -0.1) is 0 Å². The fourth-order valence-corrected chi connectivity index (χ4v) is 11.1. The normalized spacial score (nSPS) is 34.9. The van der Waals surface area contributed by atoms with Crippen LogP contribution in [-0.4, -0.2) is 105 Å². The quantitative estimate of drug-likeness (QED) is 0.144.